The third-order valence-corrected chi connectivity index (χ3v) is 2.45. The summed E-state index contributed by atoms with van der Waals surface area (Å²) in [6.45, 7) is 6.17. The van der Waals surface area contributed by atoms with Gasteiger partial charge in [0.1, 0.15) is 0 Å². The lowest BCUT2D eigenvalue weighted by Gasteiger charge is -2.27. The summed E-state index contributed by atoms with van der Waals surface area (Å²) in [4.78, 5) is 10.6. The van der Waals surface area contributed by atoms with Crippen molar-refractivity contribution in [2.45, 2.75) is 26.8 Å². The molecule has 0 saturated heterocycles. The minimum atomic E-state index is -0.911. The second-order valence-corrected chi connectivity index (χ2v) is 4.77. The molecule has 1 aromatic carbocycles. The molecule has 0 aliphatic rings. The van der Waals surface area contributed by atoms with Crippen LogP contribution in [0.1, 0.15) is 42.7 Å². The van der Waals surface area contributed by atoms with E-state index in [2.05, 4.69) is 20.8 Å². The molecule has 0 aliphatic heterocycles. The summed E-state index contributed by atoms with van der Waals surface area (Å²) in [7, 11) is 0. The van der Waals surface area contributed by atoms with Gasteiger partial charge in [-0.2, -0.15) is 0 Å². The molecule has 82 valence electrons. The number of aromatic carboxylic acids is 1. The molecule has 0 radical (unpaired) electrons. The highest BCUT2D eigenvalue weighted by atomic mass is 16.4. The van der Waals surface area contributed by atoms with Crippen molar-refractivity contribution < 1.29 is 9.90 Å². The Balaban J connectivity index is 2.94. The Morgan fingerprint density at radius 3 is 2.07 bits per heavy atom. The molecule has 1 atom stereocenters. The molecule has 1 rings (SSSR count). The van der Waals surface area contributed by atoms with Crippen molar-refractivity contribution in [3.63, 3.8) is 0 Å². The van der Waals surface area contributed by atoms with E-state index in [9.17, 15) is 4.79 Å². The summed E-state index contributed by atoms with van der Waals surface area (Å²) < 4.78 is 0. The van der Waals surface area contributed by atoms with E-state index in [1.54, 1.807) is 24.3 Å². The molecule has 0 aliphatic carbocycles. The van der Waals surface area contributed by atoms with Crippen LogP contribution in [0.4, 0.5) is 0 Å². The number of nitrogens with two attached hydrogens (primary N) is 1. The number of carbonyl (C=O) groups is 1. The molecule has 0 unspecified atom stereocenters. The van der Waals surface area contributed by atoms with Gasteiger partial charge in [0.15, 0.2) is 0 Å². The summed E-state index contributed by atoms with van der Waals surface area (Å²) in [5, 5.41) is 8.74. The average Bonchev–Trinajstić information content (AvgIpc) is 2.15. The summed E-state index contributed by atoms with van der Waals surface area (Å²) in [5.74, 6) is -0.911. The first-order valence-electron chi connectivity index (χ1n) is 4.91. The lowest BCUT2D eigenvalue weighted by Crippen LogP contribution is -2.26. The molecule has 0 heterocycles. The molecule has 0 saturated carbocycles. The zero-order valence-corrected chi connectivity index (χ0v) is 9.32. The first-order valence-corrected chi connectivity index (χ1v) is 4.91. The van der Waals surface area contributed by atoms with E-state index in [4.69, 9.17) is 10.8 Å². The second kappa shape index (κ2) is 4.03. The largest absolute Gasteiger partial charge is 0.478 e. The fraction of sp³-hybridized carbons (Fsp3) is 0.417. The van der Waals surface area contributed by atoms with Crippen molar-refractivity contribution in [3.8, 4) is 0 Å². The maximum Gasteiger partial charge on any atom is 0.335 e. The summed E-state index contributed by atoms with van der Waals surface area (Å²) in [5.41, 5.74) is 7.28. The van der Waals surface area contributed by atoms with Gasteiger partial charge in [-0.05, 0) is 23.1 Å². The third-order valence-electron chi connectivity index (χ3n) is 2.45. The summed E-state index contributed by atoms with van der Waals surface area (Å²) in [6, 6.07) is 6.64. The van der Waals surface area contributed by atoms with Gasteiger partial charge >= 0.3 is 5.97 Å². The van der Waals surface area contributed by atoms with Gasteiger partial charge in [0.25, 0.3) is 0 Å². The predicted octanol–water partition coefficient (Wildman–Crippen LogP) is 2.43. The Labute approximate surface area is 89.9 Å². The zero-order valence-electron chi connectivity index (χ0n) is 9.32. The molecular formula is C12H17NO2. The van der Waals surface area contributed by atoms with Gasteiger partial charge < -0.3 is 10.8 Å². The molecule has 3 heteroatoms. The van der Waals surface area contributed by atoms with Gasteiger partial charge in [0.05, 0.1) is 5.56 Å². The Morgan fingerprint density at radius 1 is 1.27 bits per heavy atom. The monoisotopic (exact) mass is 207 g/mol. The fourth-order valence-electron chi connectivity index (χ4n) is 1.33. The van der Waals surface area contributed by atoms with Crippen LogP contribution in [0.5, 0.6) is 0 Å². The van der Waals surface area contributed by atoms with Crippen LogP contribution in [-0.4, -0.2) is 11.1 Å². The van der Waals surface area contributed by atoms with Crippen molar-refractivity contribution in [2.75, 3.05) is 0 Å². The van der Waals surface area contributed by atoms with Crippen LogP contribution in [0.25, 0.3) is 0 Å². The Morgan fingerprint density at radius 2 is 1.73 bits per heavy atom. The highest BCUT2D eigenvalue weighted by Crippen LogP contribution is 2.30. The summed E-state index contributed by atoms with van der Waals surface area (Å²) >= 11 is 0. The normalized spacial score (nSPS) is 13.6. The minimum absolute atomic E-state index is 0.0231. The van der Waals surface area contributed by atoms with Crippen LogP contribution < -0.4 is 5.73 Å². The predicted molar refractivity (Wildman–Crippen MR) is 59.8 cm³/mol. The molecule has 0 spiro atoms. The molecule has 3 N–H and O–H groups in total. The quantitative estimate of drug-likeness (QED) is 0.782. The van der Waals surface area contributed by atoms with Gasteiger partial charge in [-0.15, -0.1) is 0 Å². The molecule has 1 aromatic rings. The van der Waals surface area contributed by atoms with Crippen LogP contribution in [0.3, 0.4) is 0 Å². The SMILES string of the molecule is CC(C)(C)[C@H](N)c1ccc(C(=O)O)cc1. The number of rotatable bonds is 2. The van der Waals surface area contributed by atoms with Gasteiger partial charge in [-0.25, -0.2) is 4.79 Å². The van der Waals surface area contributed by atoms with Gasteiger partial charge in [0.2, 0.25) is 0 Å². The standard InChI is InChI=1S/C12H17NO2/c1-12(2,3)10(13)8-4-6-9(7-5-8)11(14)15/h4-7,10H,13H2,1-3H3,(H,14,15)/t10-/m1/s1. The van der Waals surface area contributed by atoms with Gasteiger partial charge in [-0.1, -0.05) is 32.9 Å². The molecule has 0 aromatic heterocycles. The van der Waals surface area contributed by atoms with Crippen molar-refractivity contribution >= 4 is 5.97 Å². The van der Waals surface area contributed by atoms with E-state index in [1.165, 1.54) is 0 Å². The lowest BCUT2D eigenvalue weighted by atomic mass is 9.83. The van der Waals surface area contributed by atoms with E-state index < -0.39 is 5.97 Å². The maximum absolute atomic E-state index is 10.6. The van der Waals surface area contributed by atoms with Crippen LogP contribution in [0.2, 0.25) is 0 Å². The molecule has 3 nitrogen and oxygen atoms in total. The zero-order chi connectivity index (χ0) is 11.6. The first kappa shape index (κ1) is 11.7. The minimum Gasteiger partial charge on any atom is -0.478 e. The Hall–Kier alpha value is -1.35. The first-order chi connectivity index (χ1) is 6.82. The van der Waals surface area contributed by atoms with Gasteiger partial charge in [-0.3, -0.25) is 0 Å². The number of hydrogen-bond donors (Lipinski definition) is 2. The number of carboxylic acid groups (broad SMARTS) is 1. The van der Waals surface area contributed by atoms with E-state index in [0.717, 1.165) is 5.56 Å². The van der Waals surface area contributed by atoms with Crippen molar-refractivity contribution in [3.05, 3.63) is 35.4 Å². The van der Waals surface area contributed by atoms with Crippen LogP contribution >= 0.6 is 0 Å². The van der Waals surface area contributed by atoms with Crippen LogP contribution in [-0.2, 0) is 0 Å². The van der Waals surface area contributed by atoms with E-state index in [-0.39, 0.29) is 11.5 Å². The highest BCUT2D eigenvalue weighted by molar-refractivity contribution is 5.87. The number of hydrogen-bond acceptors (Lipinski definition) is 2. The summed E-state index contributed by atoms with van der Waals surface area (Å²) in [6.07, 6.45) is 0. The van der Waals surface area contributed by atoms with Crippen molar-refractivity contribution in [1.29, 1.82) is 0 Å². The van der Waals surface area contributed by atoms with Crippen LogP contribution in [0, 0.1) is 5.41 Å². The topological polar surface area (TPSA) is 63.3 Å². The molecule has 0 bridgehead atoms. The smallest absolute Gasteiger partial charge is 0.335 e. The molecule has 0 fully saturated rings. The van der Waals surface area contributed by atoms with Crippen molar-refractivity contribution in [2.24, 2.45) is 11.1 Å². The number of carboxylic acids is 1. The Bertz CT molecular complexity index is 349. The maximum atomic E-state index is 10.6. The average molecular weight is 207 g/mol. The molecular weight excluding hydrogens is 190 g/mol. The van der Waals surface area contributed by atoms with Crippen LogP contribution in [0.15, 0.2) is 24.3 Å². The molecule has 0 amide bonds. The fourth-order valence-corrected chi connectivity index (χ4v) is 1.33. The van der Waals surface area contributed by atoms with E-state index in [0.29, 0.717) is 5.56 Å². The lowest BCUT2D eigenvalue weighted by molar-refractivity contribution is 0.0697. The highest BCUT2D eigenvalue weighted by Gasteiger charge is 2.22. The number of benzene rings is 1. The van der Waals surface area contributed by atoms with E-state index in [1.807, 2.05) is 0 Å². The third kappa shape index (κ3) is 2.80. The Kier molecular flexibility index (Phi) is 3.15. The van der Waals surface area contributed by atoms with E-state index >= 15 is 0 Å². The van der Waals surface area contributed by atoms with Crippen molar-refractivity contribution in [1.82, 2.24) is 0 Å². The second-order valence-electron chi connectivity index (χ2n) is 4.77. The molecule has 15 heavy (non-hydrogen) atoms. The van der Waals surface area contributed by atoms with Gasteiger partial charge in [0, 0.05) is 6.04 Å².